The SMILES string of the molecule is CCOP(=O)(O)C(=NC(C)C)Nc1ccc(-c2cnc[nH]2)cc1OC. The Morgan fingerprint density at radius 3 is 2.80 bits per heavy atom. The number of methoxy groups -OCH3 is 1. The van der Waals surface area contributed by atoms with E-state index < -0.39 is 7.60 Å². The summed E-state index contributed by atoms with van der Waals surface area (Å²) in [5.41, 5.74) is 2.11. The van der Waals surface area contributed by atoms with Crippen molar-refractivity contribution in [1.29, 1.82) is 0 Å². The highest BCUT2D eigenvalue weighted by Gasteiger charge is 2.29. The van der Waals surface area contributed by atoms with Gasteiger partial charge in [-0.15, -0.1) is 0 Å². The lowest BCUT2D eigenvalue weighted by Gasteiger charge is -2.18. The van der Waals surface area contributed by atoms with Crippen LogP contribution in [0, 0.1) is 0 Å². The number of hydrogen-bond acceptors (Lipinski definition) is 5. The van der Waals surface area contributed by atoms with E-state index >= 15 is 0 Å². The number of hydrogen-bond donors (Lipinski definition) is 3. The highest BCUT2D eigenvalue weighted by atomic mass is 31.2. The molecule has 0 radical (unpaired) electrons. The van der Waals surface area contributed by atoms with Crippen molar-refractivity contribution >= 4 is 18.9 Å². The van der Waals surface area contributed by atoms with Crippen LogP contribution in [0.15, 0.2) is 35.7 Å². The molecule has 1 unspecified atom stereocenters. The Kier molecular flexibility index (Phi) is 6.36. The van der Waals surface area contributed by atoms with Gasteiger partial charge >= 0.3 is 7.60 Å². The molecule has 25 heavy (non-hydrogen) atoms. The van der Waals surface area contributed by atoms with Crippen molar-refractivity contribution in [2.45, 2.75) is 26.8 Å². The van der Waals surface area contributed by atoms with E-state index in [1.54, 1.807) is 31.6 Å². The molecule has 2 rings (SSSR count). The summed E-state index contributed by atoms with van der Waals surface area (Å²) < 4.78 is 22.8. The number of benzene rings is 1. The van der Waals surface area contributed by atoms with Crippen LogP contribution in [0.5, 0.6) is 5.75 Å². The van der Waals surface area contributed by atoms with Gasteiger partial charge in [0, 0.05) is 11.6 Å². The van der Waals surface area contributed by atoms with Crippen LogP contribution < -0.4 is 10.1 Å². The number of aliphatic imine (C=N–C) groups is 1. The summed E-state index contributed by atoms with van der Waals surface area (Å²) >= 11 is 0. The molecule has 136 valence electrons. The van der Waals surface area contributed by atoms with Crippen molar-refractivity contribution in [1.82, 2.24) is 9.97 Å². The van der Waals surface area contributed by atoms with E-state index in [1.807, 2.05) is 19.9 Å². The molecule has 0 aliphatic carbocycles. The first-order chi connectivity index (χ1) is 11.9. The quantitative estimate of drug-likeness (QED) is 0.393. The van der Waals surface area contributed by atoms with Crippen LogP contribution in [-0.4, -0.2) is 40.2 Å². The van der Waals surface area contributed by atoms with E-state index in [-0.39, 0.29) is 18.2 Å². The number of amidine groups is 1. The summed E-state index contributed by atoms with van der Waals surface area (Å²) in [5.74, 6) is 0.500. The van der Waals surface area contributed by atoms with Crippen LogP contribution in [0.3, 0.4) is 0 Å². The summed E-state index contributed by atoms with van der Waals surface area (Å²) in [6, 6.07) is 5.20. The van der Waals surface area contributed by atoms with E-state index in [9.17, 15) is 9.46 Å². The van der Waals surface area contributed by atoms with Gasteiger partial charge in [0.15, 0.2) is 0 Å². The third-order valence-corrected chi connectivity index (χ3v) is 4.58. The molecule has 1 heterocycles. The maximum Gasteiger partial charge on any atom is 0.393 e. The Balaban J connectivity index is 2.37. The predicted octanol–water partition coefficient (Wildman–Crippen LogP) is 3.48. The van der Waals surface area contributed by atoms with Gasteiger partial charge in [-0.1, -0.05) is 6.07 Å². The molecule has 0 saturated heterocycles. The average Bonchev–Trinajstić information content (AvgIpc) is 3.08. The first-order valence-electron chi connectivity index (χ1n) is 7.87. The molecule has 0 spiro atoms. The van der Waals surface area contributed by atoms with Crippen LogP contribution >= 0.6 is 7.60 Å². The highest BCUT2D eigenvalue weighted by Crippen LogP contribution is 2.45. The van der Waals surface area contributed by atoms with Crippen LogP contribution in [0.25, 0.3) is 11.3 Å². The number of rotatable bonds is 7. The standard InChI is InChI=1S/C16H23N4O4P/c1-5-24-25(21,22)16(19-11(2)3)20-13-7-6-12(8-15(13)23-4)14-9-17-10-18-14/h6-11H,5H2,1-4H3,(H,17,18)(H,19,20)(H,21,22). The molecule has 0 aliphatic heterocycles. The second-order valence-corrected chi connectivity index (χ2v) is 7.21. The maximum absolute atomic E-state index is 12.4. The molecular formula is C16H23N4O4P. The van der Waals surface area contributed by atoms with Crippen molar-refractivity contribution in [2.24, 2.45) is 4.99 Å². The minimum Gasteiger partial charge on any atom is -0.495 e. The minimum atomic E-state index is -4.05. The fraction of sp³-hybridized carbons (Fsp3) is 0.375. The van der Waals surface area contributed by atoms with Crippen LogP contribution in [0.1, 0.15) is 20.8 Å². The van der Waals surface area contributed by atoms with Gasteiger partial charge in [-0.05, 0) is 32.9 Å². The molecule has 0 amide bonds. The molecule has 8 nitrogen and oxygen atoms in total. The predicted molar refractivity (Wildman–Crippen MR) is 98.2 cm³/mol. The fourth-order valence-electron chi connectivity index (χ4n) is 2.15. The van der Waals surface area contributed by atoms with E-state index in [0.29, 0.717) is 11.4 Å². The zero-order chi connectivity index (χ0) is 18.4. The fourth-order valence-corrected chi connectivity index (χ4v) is 3.26. The molecule has 1 atom stereocenters. The summed E-state index contributed by atoms with van der Waals surface area (Å²) in [4.78, 5) is 21.4. The van der Waals surface area contributed by atoms with Gasteiger partial charge in [0.25, 0.3) is 0 Å². The van der Waals surface area contributed by atoms with Crippen LogP contribution in [0.2, 0.25) is 0 Å². The first-order valence-corrected chi connectivity index (χ1v) is 9.44. The average molecular weight is 366 g/mol. The number of nitrogens with one attached hydrogen (secondary N) is 2. The Morgan fingerprint density at radius 2 is 2.24 bits per heavy atom. The molecule has 2 aromatic rings. The zero-order valence-electron chi connectivity index (χ0n) is 14.7. The van der Waals surface area contributed by atoms with E-state index in [0.717, 1.165) is 11.3 Å². The Labute approximate surface area is 146 Å². The van der Waals surface area contributed by atoms with Gasteiger partial charge in [0.2, 0.25) is 5.58 Å². The van der Waals surface area contributed by atoms with E-state index in [4.69, 9.17) is 9.26 Å². The molecule has 1 aromatic carbocycles. The monoisotopic (exact) mass is 366 g/mol. The molecule has 0 bridgehead atoms. The zero-order valence-corrected chi connectivity index (χ0v) is 15.6. The number of imidazole rings is 1. The highest BCUT2D eigenvalue weighted by molar-refractivity contribution is 7.71. The third kappa shape index (κ3) is 4.92. The number of anilines is 1. The molecular weight excluding hydrogens is 343 g/mol. The van der Waals surface area contributed by atoms with Gasteiger partial charge in [-0.2, -0.15) is 0 Å². The Morgan fingerprint density at radius 1 is 1.48 bits per heavy atom. The number of H-pyrrole nitrogens is 1. The summed E-state index contributed by atoms with van der Waals surface area (Å²) in [6.07, 6.45) is 3.29. The Hall–Kier alpha value is -2.15. The number of nitrogens with zero attached hydrogens (tertiary/aromatic N) is 2. The number of aromatic nitrogens is 2. The van der Waals surface area contributed by atoms with Crippen molar-refractivity contribution in [2.75, 3.05) is 19.0 Å². The van der Waals surface area contributed by atoms with Gasteiger partial charge < -0.3 is 24.5 Å². The lowest BCUT2D eigenvalue weighted by molar-refractivity contribution is 0.286. The van der Waals surface area contributed by atoms with Crippen molar-refractivity contribution in [3.63, 3.8) is 0 Å². The minimum absolute atomic E-state index is 0.0997. The molecule has 0 saturated carbocycles. The summed E-state index contributed by atoms with van der Waals surface area (Å²) in [7, 11) is -2.52. The van der Waals surface area contributed by atoms with Gasteiger partial charge in [-0.25, -0.2) is 4.98 Å². The second-order valence-electron chi connectivity index (χ2n) is 5.49. The molecule has 1 aromatic heterocycles. The summed E-state index contributed by atoms with van der Waals surface area (Å²) in [6.45, 7) is 5.37. The number of ether oxygens (including phenoxy) is 1. The maximum atomic E-state index is 12.4. The Bertz CT molecular complexity index is 774. The first kappa shape index (κ1) is 19.2. The van der Waals surface area contributed by atoms with Crippen LogP contribution in [-0.2, 0) is 9.09 Å². The van der Waals surface area contributed by atoms with Crippen molar-refractivity contribution in [3.05, 3.63) is 30.7 Å². The molecule has 3 N–H and O–H groups in total. The largest absolute Gasteiger partial charge is 0.495 e. The molecule has 9 heteroatoms. The molecule has 0 fully saturated rings. The lowest BCUT2D eigenvalue weighted by atomic mass is 10.1. The third-order valence-electron chi connectivity index (χ3n) is 3.21. The normalized spacial score (nSPS) is 14.4. The van der Waals surface area contributed by atoms with Gasteiger partial charge in [-0.3, -0.25) is 9.56 Å². The van der Waals surface area contributed by atoms with Gasteiger partial charge in [0.1, 0.15) is 5.75 Å². The second kappa shape index (κ2) is 8.29. The smallest absolute Gasteiger partial charge is 0.393 e. The van der Waals surface area contributed by atoms with E-state index in [1.165, 1.54) is 7.11 Å². The van der Waals surface area contributed by atoms with E-state index in [2.05, 4.69) is 20.3 Å². The number of aromatic amines is 1. The summed E-state index contributed by atoms with van der Waals surface area (Å²) in [5, 5.41) is 2.89. The van der Waals surface area contributed by atoms with Crippen LogP contribution in [0.4, 0.5) is 5.69 Å². The van der Waals surface area contributed by atoms with Crippen molar-refractivity contribution in [3.8, 4) is 17.0 Å². The van der Waals surface area contributed by atoms with Gasteiger partial charge in [0.05, 0.1) is 37.6 Å². The van der Waals surface area contributed by atoms with Crippen molar-refractivity contribution < 1.29 is 18.7 Å². The topological polar surface area (TPSA) is 109 Å². The lowest BCUT2D eigenvalue weighted by Crippen LogP contribution is -2.17. The molecule has 0 aliphatic rings.